The average molecular weight is 576 g/mol. The van der Waals surface area contributed by atoms with Crippen molar-refractivity contribution in [3.8, 4) is 0 Å². The fourth-order valence-electron chi connectivity index (χ4n) is 4.13. The molecule has 2 aromatic heterocycles. The Morgan fingerprint density at radius 3 is 1.10 bits per heavy atom. The molecule has 4 rings (SSSR count). The van der Waals surface area contributed by atoms with Crippen molar-refractivity contribution < 1.29 is 25.6 Å². The summed E-state index contributed by atoms with van der Waals surface area (Å²) in [5.41, 5.74) is 0.335. The maximum atomic E-state index is 11.2. The van der Waals surface area contributed by atoms with Crippen LogP contribution in [0.15, 0.2) is 46.0 Å². The molecule has 0 unspecified atom stereocenters. The summed E-state index contributed by atoms with van der Waals surface area (Å²) in [5.74, 6) is 4.68. The Bertz CT molecular complexity index is 930. The zero-order valence-electron chi connectivity index (χ0n) is 17.9. The van der Waals surface area contributed by atoms with Crippen LogP contribution in [0.1, 0.15) is 34.6 Å². The predicted octanol–water partition coefficient (Wildman–Crippen LogP) is 3.43. The average Bonchev–Trinajstić information content (AvgIpc) is 2.80. The maximum absolute atomic E-state index is 11.2. The molecule has 2 heterocycles. The van der Waals surface area contributed by atoms with Crippen molar-refractivity contribution in [2.75, 3.05) is 0 Å². The molecule has 6 heteroatoms. The van der Waals surface area contributed by atoms with Crippen molar-refractivity contribution in [2.45, 2.75) is 34.6 Å². The Kier molecular flexibility index (Phi) is 10.2. The molecule has 0 amide bonds. The van der Waals surface area contributed by atoms with Crippen molar-refractivity contribution in [1.82, 2.24) is 9.97 Å². The van der Waals surface area contributed by atoms with Crippen molar-refractivity contribution in [2.24, 2.45) is 29.6 Å². The van der Waals surface area contributed by atoms with E-state index in [1.54, 1.807) is 12.1 Å². The first-order valence-corrected chi connectivity index (χ1v) is 9.34. The summed E-state index contributed by atoms with van der Waals surface area (Å²) in [6, 6.07) is 9.88. The van der Waals surface area contributed by atoms with Crippen molar-refractivity contribution in [3.63, 3.8) is 0 Å². The van der Waals surface area contributed by atoms with E-state index < -0.39 is 0 Å². The van der Waals surface area contributed by atoms with Gasteiger partial charge in [0.25, 0.3) is 0 Å². The fourth-order valence-corrected chi connectivity index (χ4v) is 4.13. The zero-order valence-corrected chi connectivity index (χ0v) is 20.3. The minimum absolute atomic E-state index is 0. The van der Waals surface area contributed by atoms with Gasteiger partial charge in [-0.15, -0.1) is 11.0 Å². The van der Waals surface area contributed by atoms with Crippen LogP contribution >= 0.6 is 0 Å². The molecule has 29 heavy (non-hydrogen) atoms. The zero-order chi connectivity index (χ0) is 19.0. The van der Waals surface area contributed by atoms with Gasteiger partial charge >= 0.3 is 20.1 Å². The van der Waals surface area contributed by atoms with E-state index in [1.807, 2.05) is 12.1 Å². The molecule has 2 N–H and O–H groups in total. The van der Waals surface area contributed by atoms with Crippen molar-refractivity contribution >= 4 is 21.8 Å². The van der Waals surface area contributed by atoms with Crippen molar-refractivity contribution in [1.29, 1.82) is 0 Å². The van der Waals surface area contributed by atoms with E-state index in [0.29, 0.717) is 11.0 Å². The first-order chi connectivity index (χ1) is 12.3. The third-order valence-corrected chi connectivity index (χ3v) is 6.62. The molecule has 0 spiro atoms. The topological polar surface area (TPSA) is 93.8 Å². The monoisotopic (exact) mass is 576 g/mol. The predicted molar refractivity (Wildman–Crippen MR) is 116 cm³/mol. The molecule has 1 aromatic carbocycles. The van der Waals surface area contributed by atoms with Crippen LogP contribution in [0.3, 0.4) is 0 Å². The number of pyridine rings is 2. The van der Waals surface area contributed by atoms with Gasteiger partial charge in [0.1, 0.15) is 0 Å². The number of rotatable bonds is 0. The largest absolute Gasteiger partial charge is 3.00 e. The molecular formula is C23H31IrN2O3. The van der Waals surface area contributed by atoms with E-state index >= 15 is 0 Å². The van der Waals surface area contributed by atoms with Gasteiger partial charge in [0.15, 0.2) is 0 Å². The summed E-state index contributed by atoms with van der Waals surface area (Å²) >= 11 is 0. The van der Waals surface area contributed by atoms with Gasteiger partial charge < -0.3 is 32.5 Å². The van der Waals surface area contributed by atoms with Crippen LogP contribution in [-0.2, 0) is 20.1 Å². The summed E-state index contributed by atoms with van der Waals surface area (Å²) in [6.07, 6.45) is 0. The molecule has 0 saturated heterocycles. The van der Waals surface area contributed by atoms with Gasteiger partial charge in [0, 0.05) is 0 Å². The molecule has 5 nitrogen and oxygen atoms in total. The second kappa shape index (κ2) is 10.9. The molecule has 0 radical (unpaired) electrons. The number of fused-ring (bicyclic) bond motifs is 3. The van der Waals surface area contributed by atoms with Crippen LogP contribution in [-0.4, -0.2) is 5.48 Å². The Labute approximate surface area is 186 Å². The van der Waals surface area contributed by atoms with Crippen LogP contribution in [0.25, 0.3) is 21.8 Å². The smallest absolute Gasteiger partial charge is 0.624 e. The quantitative estimate of drug-likeness (QED) is 0.303. The Balaban J connectivity index is 0.000000535. The fraction of sp³-hybridized carbons (Fsp3) is 0.435. The van der Waals surface area contributed by atoms with Gasteiger partial charge in [-0.25, -0.2) is 0 Å². The molecule has 1 fully saturated rings. The van der Waals surface area contributed by atoms with E-state index in [-0.39, 0.29) is 44.1 Å². The number of hydrogen-bond acceptors (Lipinski definition) is 2. The molecule has 3 aromatic rings. The van der Waals surface area contributed by atoms with E-state index in [2.05, 4.69) is 44.6 Å². The first kappa shape index (κ1) is 27.2. The molecule has 160 valence electrons. The van der Waals surface area contributed by atoms with E-state index in [1.165, 1.54) is 12.1 Å². The van der Waals surface area contributed by atoms with Gasteiger partial charge in [0.2, 0.25) is 0 Å². The van der Waals surface area contributed by atoms with Crippen LogP contribution in [0.4, 0.5) is 0 Å². The Hall–Kier alpha value is -1.75. The molecule has 0 aliphatic heterocycles. The minimum Gasteiger partial charge on any atom is -0.624 e. The molecule has 0 bridgehead atoms. The number of aromatic nitrogens is 2. The van der Waals surface area contributed by atoms with Crippen LogP contribution in [0.2, 0.25) is 0 Å². The second-order valence-electron chi connectivity index (χ2n) is 7.80. The Morgan fingerprint density at radius 1 is 0.586 bits per heavy atom. The van der Waals surface area contributed by atoms with Gasteiger partial charge in [-0.05, 0) is 52.5 Å². The summed E-state index contributed by atoms with van der Waals surface area (Å²) in [4.78, 5) is 30.2. The number of hydrogen-bond donors (Lipinski definition) is 0. The summed E-state index contributed by atoms with van der Waals surface area (Å²) in [7, 11) is 0. The van der Waals surface area contributed by atoms with Crippen LogP contribution in [0, 0.1) is 37.0 Å². The van der Waals surface area contributed by atoms with E-state index in [0.717, 1.165) is 40.4 Å². The van der Waals surface area contributed by atoms with Gasteiger partial charge in [-0.3, -0.25) is 0 Å². The second-order valence-corrected chi connectivity index (χ2v) is 7.80. The third-order valence-electron chi connectivity index (χ3n) is 6.62. The molecular weight excluding hydrogens is 544 g/mol. The third kappa shape index (κ3) is 5.44. The minimum atomic E-state index is -0.321. The Morgan fingerprint density at radius 2 is 0.828 bits per heavy atom. The standard InChI is InChI=1S/C12H8N2O2.C10H20.CH3.Ir.H2O/c15-9-5-3-7-1-2-8-4-6-10(16)14-12(8)11(7)13-9;1-6-7(2)9(4)10(5)8(6)3;;;/h1-6H,(H2,13,14,15,16);6-10H,1-5H3;1H3;;1H2/q;;-1;+3;/p-2. The molecule has 0 atom stereocenters. The van der Waals surface area contributed by atoms with E-state index in [9.17, 15) is 9.59 Å². The van der Waals surface area contributed by atoms with Gasteiger partial charge in [-0.1, -0.05) is 58.9 Å². The number of nitrogens with zero attached hydrogens (tertiary/aromatic N) is 2. The molecule has 1 aliphatic carbocycles. The van der Waals surface area contributed by atoms with E-state index in [4.69, 9.17) is 0 Å². The normalized spacial score (nSPS) is 25.2. The maximum Gasteiger partial charge on any atom is 3.00 e. The van der Waals surface area contributed by atoms with Crippen LogP contribution in [0.5, 0.6) is 0 Å². The molecule has 1 aliphatic rings. The van der Waals surface area contributed by atoms with Crippen molar-refractivity contribution in [3.05, 3.63) is 64.5 Å². The summed E-state index contributed by atoms with van der Waals surface area (Å²) in [5, 5.41) is 1.62. The first-order valence-electron chi connectivity index (χ1n) is 9.34. The van der Waals surface area contributed by atoms with Gasteiger partial charge in [0.05, 0.1) is 11.1 Å². The van der Waals surface area contributed by atoms with Crippen LogP contribution < -0.4 is 21.1 Å². The number of benzene rings is 1. The molecule has 1 saturated carbocycles. The van der Waals surface area contributed by atoms with Gasteiger partial charge in [-0.2, -0.15) is 0 Å². The summed E-state index contributed by atoms with van der Waals surface area (Å²) in [6.45, 7) is 12.0. The SMILES string of the molecule is CC1C(C)C(C)C(C)C1C.O.O=c1ccc2ccc3ccc(=O)[n-]c3c2[n-]1.[CH3-].[Ir+3]. The summed E-state index contributed by atoms with van der Waals surface area (Å²) < 4.78 is 0.